The summed E-state index contributed by atoms with van der Waals surface area (Å²) in [6, 6.07) is 6.24. The Morgan fingerprint density at radius 2 is 1.45 bits per heavy atom. The molecular formula is C21H27NO6S. The van der Waals surface area contributed by atoms with E-state index in [4.69, 9.17) is 14.2 Å². The van der Waals surface area contributed by atoms with Crippen molar-refractivity contribution >= 4 is 35.2 Å². The van der Waals surface area contributed by atoms with Crippen molar-refractivity contribution in [2.24, 2.45) is 10.8 Å². The first kappa shape index (κ1) is 21.5. The summed E-state index contributed by atoms with van der Waals surface area (Å²) in [6.07, 6.45) is 0. The third-order valence-electron chi connectivity index (χ3n) is 6.40. The molecule has 7 nitrogen and oxygen atoms in total. The molecule has 0 radical (unpaired) electrons. The fraction of sp³-hybridized carbons (Fsp3) is 0.571. The molecule has 2 fully saturated rings. The minimum absolute atomic E-state index is 0.0478. The van der Waals surface area contributed by atoms with Crippen molar-refractivity contribution in [1.29, 1.82) is 0 Å². The molecule has 0 unspecified atom stereocenters. The summed E-state index contributed by atoms with van der Waals surface area (Å²) < 4.78 is 14.6. The average molecular weight is 422 g/mol. The van der Waals surface area contributed by atoms with Gasteiger partial charge in [0.15, 0.2) is 5.37 Å². The quantitative estimate of drug-likeness (QED) is 0.687. The minimum atomic E-state index is -0.872. The fourth-order valence-electron chi connectivity index (χ4n) is 5.14. The van der Waals surface area contributed by atoms with Gasteiger partial charge in [0.2, 0.25) is 0 Å². The molecule has 1 saturated carbocycles. The van der Waals surface area contributed by atoms with Crippen LogP contribution in [-0.2, 0) is 23.9 Å². The Morgan fingerprint density at radius 3 is 1.90 bits per heavy atom. The standard InChI is InChI=1S/C21H27NO6S/c1-19(2)18(25)20(3,4)21(19)14(16(23)27-6)22(15(29-21)17(24)28-7)12-8-10-13(26-5)11-9-12/h8-11,14-15H,1-7H3/t14-,15+/m1/s1. The van der Waals surface area contributed by atoms with Gasteiger partial charge in [-0.25, -0.2) is 9.59 Å². The molecule has 1 aromatic rings. The Balaban J connectivity index is 2.24. The monoisotopic (exact) mass is 421 g/mol. The number of ketones is 1. The van der Waals surface area contributed by atoms with E-state index in [1.165, 1.54) is 26.0 Å². The van der Waals surface area contributed by atoms with Crippen molar-refractivity contribution in [3.05, 3.63) is 24.3 Å². The Bertz CT molecular complexity index is 829. The van der Waals surface area contributed by atoms with Gasteiger partial charge < -0.3 is 19.1 Å². The normalized spacial score (nSPS) is 26.0. The van der Waals surface area contributed by atoms with E-state index in [9.17, 15) is 14.4 Å². The second-order valence-corrected chi connectivity index (χ2v) is 9.67. The molecule has 0 N–H and O–H groups in total. The van der Waals surface area contributed by atoms with E-state index in [-0.39, 0.29) is 5.78 Å². The minimum Gasteiger partial charge on any atom is -0.497 e. The molecule has 0 amide bonds. The maximum atomic E-state index is 13.1. The lowest BCUT2D eigenvalue weighted by Gasteiger charge is -2.64. The number of carbonyl (C=O) groups excluding carboxylic acids is 3. The molecule has 0 aromatic heterocycles. The van der Waals surface area contributed by atoms with E-state index >= 15 is 0 Å². The Morgan fingerprint density at radius 1 is 0.931 bits per heavy atom. The number of thioether (sulfide) groups is 1. The topological polar surface area (TPSA) is 82.1 Å². The maximum Gasteiger partial charge on any atom is 0.339 e. The van der Waals surface area contributed by atoms with Crippen LogP contribution >= 0.6 is 11.8 Å². The molecule has 1 saturated heterocycles. The SMILES string of the molecule is COC(=O)[C@@H]1SC2([C@@H](C(=O)OC)N1c1ccc(OC)cc1)C(C)(C)C(=O)C2(C)C. The zero-order valence-corrected chi connectivity index (χ0v) is 18.6. The van der Waals surface area contributed by atoms with Crippen LogP contribution < -0.4 is 9.64 Å². The summed E-state index contributed by atoms with van der Waals surface area (Å²) in [4.78, 5) is 40.6. The second kappa shape index (κ2) is 6.93. The first-order chi connectivity index (χ1) is 13.5. The summed E-state index contributed by atoms with van der Waals surface area (Å²) in [6.45, 7) is 7.32. The molecule has 2 aliphatic rings. The number of benzene rings is 1. The zero-order chi connectivity index (χ0) is 21.8. The lowest BCUT2D eigenvalue weighted by atomic mass is 9.44. The van der Waals surface area contributed by atoms with Gasteiger partial charge in [-0.15, -0.1) is 11.8 Å². The van der Waals surface area contributed by atoms with Crippen molar-refractivity contribution in [3.8, 4) is 5.75 Å². The van der Waals surface area contributed by atoms with Crippen LogP contribution in [0.1, 0.15) is 27.7 Å². The van der Waals surface area contributed by atoms with E-state index < -0.39 is 38.9 Å². The number of Topliss-reactive ketones (excluding diaryl/α,β-unsaturated/α-hetero) is 1. The van der Waals surface area contributed by atoms with Gasteiger partial charge >= 0.3 is 11.9 Å². The van der Waals surface area contributed by atoms with Crippen LogP contribution in [-0.4, -0.2) is 55.2 Å². The number of nitrogens with zero attached hydrogens (tertiary/aromatic N) is 1. The highest BCUT2D eigenvalue weighted by molar-refractivity contribution is 8.02. The summed E-state index contributed by atoms with van der Waals surface area (Å²) in [5, 5.41) is -0.802. The maximum absolute atomic E-state index is 13.1. The number of ether oxygens (including phenoxy) is 3. The number of hydrogen-bond donors (Lipinski definition) is 0. The van der Waals surface area contributed by atoms with Crippen molar-refractivity contribution in [2.75, 3.05) is 26.2 Å². The molecule has 1 aromatic carbocycles. The predicted molar refractivity (Wildman–Crippen MR) is 110 cm³/mol. The summed E-state index contributed by atoms with van der Waals surface area (Å²) in [7, 11) is 4.20. The van der Waals surface area contributed by atoms with Crippen LogP contribution in [0, 0.1) is 10.8 Å². The number of rotatable bonds is 4. The number of esters is 2. The van der Waals surface area contributed by atoms with Gasteiger partial charge in [-0.05, 0) is 24.3 Å². The fourth-order valence-corrected chi connectivity index (χ4v) is 7.15. The molecule has 29 heavy (non-hydrogen) atoms. The number of hydrogen-bond acceptors (Lipinski definition) is 8. The van der Waals surface area contributed by atoms with Gasteiger partial charge in [0.05, 0.1) is 26.1 Å². The van der Waals surface area contributed by atoms with Gasteiger partial charge in [-0.2, -0.15) is 0 Å². The predicted octanol–water partition coefficient (Wildman–Crippen LogP) is 2.66. The van der Waals surface area contributed by atoms with Gasteiger partial charge in [0.1, 0.15) is 17.6 Å². The van der Waals surface area contributed by atoms with Crippen molar-refractivity contribution in [1.82, 2.24) is 0 Å². The first-order valence-corrected chi connectivity index (χ1v) is 10.2. The Labute approximate surface area is 175 Å². The summed E-state index contributed by atoms with van der Waals surface area (Å²) >= 11 is 1.31. The molecule has 158 valence electrons. The van der Waals surface area contributed by atoms with Crippen molar-refractivity contribution in [3.63, 3.8) is 0 Å². The van der Waals surface area contributed by atoms with E-state index in [0.29, 0.717) is 11.4 Å². The molecule has 1 aliphatic heterocycles. The lowest BCUT2D eigenvalue weighted by Crippen LogP contribution is -2.78. The van der Waals surface area contributed by atoms with Crippen molar-refractivity contribution in [2.45, 2.75) is 43.9 Å². The first-order valence-electron chi connectivity index (χ1n) is 9.32. The van der Waals surface area contributed by atoms with E-state index in [1.54, 1.807) is 36.3 Å². The van der Waals surface area contributed by atoms with Crippen LogP contribution in [0.25, 0.3) is 0 Å². The molecule has 1 spiro atoms. The number of methoxy groups -OCH3 is 3. The molecule has 3 rings (SSSR count). The van der Waals surface area contributed by atoms with Gasteiger partial charge in [0.25, 0.3) is 0 Å². The van der Waals surface area contributed by atoms with E-state index in [0.717, 1.165) is 0 Å². The average Bonchev–Trinajstić information content (AvgIpc) is 3.11. The highest BCUT2D eigenvalue weighted by Gasteiger charge is 2.81. The van der Waals surface area contributed by atoms with Gasteiger partial charge in [-0.3, -0.25) is 4.79 Å². The molecule has 1 heterocycles. The molecule has 8 heteroatoms. The van der Waals surface area contributed by atoms with Gasteiger partial charge in [0, 0.05) is 16.5 Å². The largest absolute Gasteiger partial charge is 0.497 e. The Hall–Kier alpha value is -2.22. The molecular weight excluding hydrogens is 394 g/mol. The summed E-state index contributed by atoms with van der Waals surface area (Å²) in [5.74, 6) is -0.276. The van der Waals surface area contributed by atoms with Crippen LogP contribution in [0.2, 0.25) is 0 Å². The van der Waals surface area contributed by atoms with Crippen LogP contribution in [0.4, 0.5) is 5.69 Å². The van der Waals surface area contributed by atoms with Crippen LogP contribution in [0.15, 0.2) is 24.3 Å². The van der Waals surface area contributed by atoms with E-state index in [1.807, 2.05) is 27.7 Å². The highest BCUT2D eigenvalue weighted by atomic mass is 32.2. The third-order valence-corrected chi connectivity index (χ3v) is 8.66. The Kier molecular flexibility index (Phi) is 5.14. The van der Waals surface area contributed by atoms with Crippen LogP contribution in [0.3, 0.4) is 0 Å². The number of carbonyl (C=O) groups is 3. The smallest absolute Gasteiger partial charge is 0.339 e. The highest BCUT2D eigenvalue weighted by Crippen LogP contribution is 2.72. The molecule has 1 aliphatic carbocycles. The lowest BCUT2D eigenvalue weighted by molar-refractivity contribution is -0.166. The molecule has 0 bridgehead atoms. The zero-order valence-electron chi connectivity index (χ0n) is 17.8. The second-order valence-electron chi connectivity index (χ2n) is 8.34. The molecule has 2 atom stereocenters. The third kappa shape index (κ3) is 2.61. The number of anilines is 1. The summed E-state index contributed by atoms with van der Waals surface area (Å²) in [5.41, 5.74) is -1.03. The van der Waals surface area contributed by atoms with Gasteiger partial charge in [-0.1, -0.05) is 27.7 Å². The van der Waals surface area contributed by atoms with Crippen molar-refractivity contribution < 1.29 is 28.6 Å². The van der Waals surface area contributed by atoms with Crippen LogP contribution in [0.5, 0.6) is 5.75 Å². The van der Waals surface area contributed by atoms with E-state index in [2.05, 4.69) is 0 Å².